The molecular formula is C10H7N3S. The third-order valence-corrected chi connectivity index (χ3v) is 2.54. The molecular weight excluding hydrogens is 194 g/mol. The first kappa shape index (κ1) is 8.73. The molecule has 0 saturated heterocycles. The minimum atomic E-state index is 0.641. The maximum Gasteiger partial charge on any atom is 0.114 e. The Bertz CT molecular complexity index is 479. The summed E-state index contributed by atoms with van der Waals surface area (Å²) in [5.41, 5.74) is 9.82. The molecule has 1 heterocycles. The van der Waals surface area contributed by atoms with Gasteiger partial charge in [0.15, 0.2) is 0 Å². The van der Waals surface area contributed by atoms with Crippen molar-refractivity contribution in [2.24, 2.45) is 0 Å². The summed E-state index contributed by atoms with van der Waals surface area (Å²) in [5.74, 6) is 0. The Morgan fingerprint density at radius 3 is 2.50 bits per heavy atom. The number of benzene rings is 1. The Kier molecular flexibility index (Phi) is 2.17. The second kappa shape index (κ2) is 3.48. The van der Waals surface area contributed by atoms with Crippen molar-refractivity contribution in [1.82, 2.24) is 4.98 Å². The van der Waals surface area contributed by atoms with Crippen LogP contribution < -0.4 is 5.73 Å². The number of nitrogen functional groups attached to an aromatic ring is 1. The summed E-state index contributed by atoms with van der Waals surface area (Å²) in [6, 6.07) is 9.28. The van der Waals surface area contributed by atoms with Crippen LogP contribution in [-0.4, -0.2) is 4.98 Å². The average molecular weight is 201 g/mol. The molecule has 0 spiro atoms. The van der Waals surface area contributed by atoms with Gasteiger partial charge in [-0.05, 0) is 12.1 Å². The molecule has 0 aliphatic rings. The van der Waals surface area contributed by atoms with E-state index in [1.165, 1.54) is 11.3 Å². The normalized spacial score (nSPS) is 9.64. The van der Waals surface area contributed by atoms with Gasteiger partial charge in [0.1, 0.15) is 10.7 Å². The molecule has 0 aliphatic heterocycles. The number of hydrogen-bond acceptors (Lipinski definition) is 4. The highest BCUT2D eigenvalue weighted by Crippen LogP contribution is 2.27. The van der Waals surface area contributed by atoms with Gasteiger partial charge in [0.25, 0.3) is 0 Å². The Hall–Kier alpha value is -1.86. The van der Waals surface area contributed by atoms with Crippen LogP contribution in [0, 0.1) is 11.3 Å². The van der Waals surface area contributed by atoms with E-state index < -0.39 is 0 Å². The third kappa shape index (κ3) is 1.45. The zero-order valence-electron chi connectivity index (χ0n) is 7.27. The Balaban J connectivity index is 2.45. The van der Waals surface area contributed by atoms with E-state index in [0.717, 1.165) is 11.3 Å². The van der Waals surface area contributed by atoms with E-state index in [2.05, 4.69) is 11.1 Å². The maximum atomic E-state index is 8.63. The zero-order chi connectivity index (χ0) is 9.97. The van der Waals surface area contributed by atoms with E-state index in [4.69, 9.17) is 11.0 Å². The van der Waals surface area contributed by atoms with Crippen molar-refractivity contribution in [1.29, 1.82) is 5.26 Å². The van der Waals surface area contributed by atoms with Crippen LogP contribution in [0.3, 0.4) is 0 Å². The lowest BCUT2D eigenvalue weighted by Gasteiger charge is -1.97. The van der Waals surface area contributed by atoms with Crippen LogP contribution in [0.25, 0.3) is 11.3 Å². The molecule has 0 radical (unpaired) electrons. The van der Waals surface area contributed by atoms with Gasteiger partial charge in [-0.3, -0.25) is 0 Å². The smallest absolute Gasteiger partial charge is 0.114 e. The van der Waals surface area contributed by atoms with E-state index in [-0.39, 0.29) is 0 Å². The molecule has 1 aromatic carbocycles. The van der Waals surface area contributed by atoms with Gasteiger partial charge in [-0.25, -0.2) is 4.98 Å². The molecule has 0 unspecified atom stereocenters. The molecule has 0 aliphatic carbocycles. The predicted molar refractivity (Wildman–Crippen MR) is 56.7 cm³/mol. The monoisotopic (exact) mass is 201 g/mol. The van der Waals surface area contributed by atoms with E-state index >= 15 is 0 Å². The molecule has 2 rings (SSSR count). The summed E-state index contributed by atoms with van der Waals surface area (Å²) in [6.45, 7) is 0. The molecule has 0 atom stereocenters. The predicted octanol–water partition coefficient (Wildman–Crippen LogP) is 2.26. The lowest BCUT2D eigenvalue weighted by Crippen LogP contribution is -1.85. The van der Waals surface area contributed by atoms with Gasteiger partial charge in [-0.2, -0.15) is 5.26 Å². The highest BCUT2D eigenvalue weighted by molar-refractivity contribution is 7.14. The van der Waals surface area contributed by atoms with Crippen LogP contribution in [-0.2, 0) is 0 Å². The van der Waals surface area contributed by atoms with Crippen LogP contribution in [0.4, 0.5) is 5.00 Å². The Labute approximate surface area is 85.4 Å². The van der Waals surface area contributed by atoms with E-state index in [1.54, 1.807) is 17.6 Å². The van der Waals surface area contributed by atoms with Crippen molar-refractivity contribution in [3.05, 3.63) is 35.3 Å². The van der Waals surface area contributed by atoms with Crippen molar-refractivity contribution in [3.63, 3.8) is 0 Å². The fourth-order valence-corrected chi connectivity index (χ4v) is 1.73. The van der Waals surface area contributed by atoms with Gasteiger partial charge in [-0.1, -0.05) is 12.1 Å². The van der Waals surface area contributed by atoms with E-state index in [1.807, 2.05) is 12.1 Å². The van der Waals surface area contributed by atoms with Crippen molar-refractivity contribution in [2.75, 3.05) is 5.73 Å². The number of nitrogens with two attached hydrogens (primary N) is 1. The third-order valence-electron chi connectivity index (χ3n) is 1.88. The molecule has 0 amide bonds. The number of anilines is 1. The summed E-state index contributed by atoms with van der Waals surface area (Å²) in [5, 5.41) is 9.33. The number of rotatable bonds is 1. The SMILES string of the molecule is N#Cc1ccc(-c2ncsc2N)cc1. The van der Waals surface area contributed by atoms with E-state index in [9.17, 15) is 0 Å². The molecule has 2 aromatic rings. The van der Waals surface area contributed by atoms with Gasteiger partial charge < -0.3 is 5.73 Å². The zero-order valence-corrected chi connectivity index (χ0v) is 8.08. The van der Waals surface area contributed by atoms with Gasteiger partial charge in [0, 0.05) is 5.56 Å². The lowest BCUT2D eigenvalue weighted by atomic mass is 10.1. The second-order valence-corrected chi connectivity index (χ2v) is 3.64. The lowest BCUT2D eigenvalue weighted by molar-refractivity contribution is 1.40. The first-order valence-electron chi connectivity index (χ1n) is 4.01. The second-order valence-electron chi connectivity index (χ2n) is 2.75. The summed E-state index contributed by atoms with van der Waals surface area (Å²) in [6.07, 6.45) is 0. The largest absolute Gasteiger partial charge is 0.389 e. The molecule has 4 heteroatoms. The van der Waals surface area contributed by atoms with Crippen molar-refractivity contribution in [2.45, 2.75) is 0 Å². The average Bonchev–Trinajstić information content (AvgIpc) is 2.65. The fourth-order valence-electron chi connectivity index (χ4n) is 1.17. The molecule has 3 nitrogen and oxygen atoms in total. The molecule has 68 valence electrons. The van der Waals surface area contributed by atoms with Gasteiger partial charge in [-0.15, -0.1) is 11.3 Å². The van der Waals surface area contributed by atoms with Crippen LogP contribution in [0.15, 0.2) is 29.8 Å². The summed E-state index contributed by atoms with van der Waals surface area (Å²) in [7, 11) is 0. The molecule has 0 fully saturated rings. The quantitative estimate of drug-likeness (QED) is 0.769. The first-order chi connectivity index (χ1) is 6.81. The summed E-state index contributed by atoms with van der Waals surface area (Å²) >= 11 is 1.41. The highest BCUT2D eigenvalue weighted by atomic mass is 32.1. The molecule has 0 saturated carbocycles. The Morgan fingerprint density at radius 2 is 2.00 bits per heavy atom. The number of hydrogen-bond donors (Lipinski definition) is 1. The van der Waals surface area contributed by atoms with Crippen molar-refractivity contribution >= 4 is 16.3 Å². The van der Waals surface area contributed by atoms with Gasteiger partial charge in [0.2, 0.25) is 0 Å². The number of thiazole rings is 1. The van der Waals surface area contributed by atoms with Crippen molar-refractivity contribution < 1.29 is 0 Å². The van der Waals surface area contributed by atoms with Crippen LogP contribution in [0.2, 0.25) is 0 Å². The number of nitriles is 1. The van der Waals surface area contributed by atoms with Crippen LogP contribution in [0.5, 0.6) is 0 Å². The molecule has 1 aromatic heterocycles. The minimum absolute atomic E-state index is 0.641. The number of nitrogens with zero attached hydrogens (tertiary/aromatic N) is 2. The minimum Gasteiger partial charge on any atom is -0.389 e. The van der Waals surface area contributed by atoms with E-state index in [0.29, 0.717) is 10.6 Å². The fraction of sp³-hybridized carbons (Fsp3) is 0. The van der Waals surface area contributed by atoms with Gasteiger partial charge >= 0.3 is 0 Å². The Morgan fingerprint density at radius 1 is 1.29 bits per heavy atom. The molecule has 2 N–H and O–H groups in total. The molecule has 14 heavy (non-hydrogen) atoms. The maximum absolute atomic E-state index is 8.63. The van der Waals surface area contributed by atoms with Gasteiger partial charge in [0.05, 0.1) is 17.1 Å². The standard InChI is InChI=1S/C10H7N3S/c11-5-7-1-3-8(4-2-7)9-10(12)14-6-13-9/h1-4,6H,12H2. The topological polar surface area (TPSA) is 62.7 Å². The summed E-state index contributed by atoms with van der Waals surface area (Å²) in [4.78, 5) is 4.15. The summed E-state index contributed by atoms with van der Waals surface area (Å²) < 4.78 is 0. The molecule has 0 bridgehead atoms. The first-order valence-corrected chi connectivity index (χ1v) is 4.88. The van der Waals surface area contributed by atoms with Crippen LogP contribution in [0.1, 0.15) is 5.56 Å². The number of aromatic nitrogens is 1. The highest BCUT2D eigenvalue weighted by Gasteiger charge is 2.04. The van der Waals surface area contributed by atoms with Crippen molar-refractivity contribution in [3.8, 4) is 17.3 Å². The van der Waals surface area contributed by atoms with Crippen LogP contribution >= 0.6 is 11.3 Å².